The van der Waals surface area contributed by atoms with E-state index < -0.39 is 10.0 Å². The summed E-state index contributed by atoms with van der Waals surface area (Å²) in [6.07, 6.45) is 5.87. The second-order valence-corrected chi connectivity index (χ2v) is 8.39. The quantitative estimate of drug-likeness (QED) is 0.824. The first-order chi connectivity index (χ1) is 11.5. The molecule has 1 aliphatic heterocycles. The third-order valence-electron chi connectivity index (χ3n) is 3.82. The van der Waals surface area contributed by atoms with Crippen molar-refractivity contribution in [2.75, 3.05) is 13.1 Å². The largest absolute Gasteiger partial charge is 0.465 e. The molecule has 3 rings (SSSR count). The van der Waals surface area contributed by atoms with Crippen LogP contribution in [0.5, 0.6) is 0 Å². The number of carbonyl (C=O) groups is 1. The Kier molecular flexibility index (Phi) is 5.17. The number of thiophene rings is 1. The molecule has 2 aromatic rings. The third kappa shape index (κ3) is 4.14. The second kappa shape index (κ2) is 7.33. The molecule has 0 bridgehead atoms. The zero-order valence-corrected chi connectivity index (χ0v) is 14.6. The number of piperidine rings is 1. The molecule has 1 fully saturated rings. The van der Waals surface area contributed by atoms with Crippen LogP contribution >= 0.6 is 11.3 Å². The van der Waals surface area contributed by atoms with Gasteiger partial charge >= 0.3 is 0 Å². The molecule has 0 atom stereocenters. The second-order valence-electron chi connectivity index (χ2n) is 5.50. The zero-order chi connectivity index (χ0) is 17.0. The summed E-state index contributed by atoms with van der Waals surface area (Å²) >= 11 is 1.20. The molecule has 24 heavy (non-hydrogen) atoms. The summed E-state index contributed by atoms with van der Waals surface area (Å²) in [5.41, 5.74) is 0. The fourth-order valence-corrected chi connectivity index (χ4v) is 4.87. The molecule has 0 unspecified atom stereocenters. The van der Waals surface area contributed by atoms with E-state index in [1.165, 1.54) is 17.4 Å². The van der Waals surface area contributed by atoms with Crippen molar-refractivity contribution in [1.29, 1.82) is 0 Å². The van der Waals surface area contributed by atoms with Gasteiger partial charge in [0.25, 0.3) is 0 Å². The highest BCUT2D eigenvalue weighted by atomic mass is 32.2. The maximum atomic E-state index is 12.2. The van der Waals surface area contributed by atoms with Gasteiger partial charge in [0.1, 0.15) is 9.97 Å². The van der Waals surface area contributed by atoms with E-state index in [4.69, 9.17) is 4.42 Å². The van der Waals surface area contributed by atoms with Crippen molar-refractivity contribution in [2.24, 2.45) is 0 Å². The number of amides is 1. The molecule has 0 spiro atoms. The number of nitrogens with one attached hydrogen (secondary N) is 1. The third-order valence-corrected chi connectivity index (χ3v) is 6.74. The minimum atomic E-state index is -3.46. The van der Waals surface area contributed by atoms with Crippen LogP contribution in [0.25, 0.3) is 6.08 Å². The van der Waals surface area contributed by atoms with Crippen molar-refractivity contribution in [1.82, 2.24) is 9.62 Å². The summed E-state index contributed by atoms with van der Waals surface area (Å²) in [5, 5.41) is 1.74. The van der Waals surface area contributed by atoms with Gasteiger partial charge in [0.15, 0.2) is 0 Å². The maximum Gasteiger partial charge on any atom is 0.250 e. The monoisotopic (exact) mass is 366 g/mol. The Morgan fingerprint density at radius 3 is 2.71 bits per heavy atom. The highest BCUT2D eigenvalue weighted by Gasteiger charge is 2.26. The van der Waals surface area contributed by atoms with Crippen LogP contribution in [-0.4, -0.2) is 38.4 Å². The Hall–Kier alpha value is -1.90. The number of hydrogen-bond donors (Lipinski definition) is 1. The Balaban J connectivity index is 1.51. The van der Waals surface area contributed by atoms with Crippen LogP contribution in [0.15, 0.2) is 50.6 Å². The van der Waals surface area contributed by atoms with Crippen molar-refractivity contribution in [3.8, 4) is 0 Å². The summed E-state index contributed by atoms with van der Waals surface area (Å²) in [6.45, 7) is 1.05. The van der Waals surface area contributed by atoms with E-state index in [0.717, 1.165) is 0 Å². The average molecular weight is 366 g/mol. The summed E-state index contributed by atoms with van der Waals surface area (Å²) in [4.78, 5) is 13.9. The van der Waals surface area contributed by atoms with Crippen molar-refractivity contribution in [3.05, 3.63) is 47.7 Å². The molecule has 0 aliphatic carbocycles. The minimum Gasteiger partial charge on any atom is -0.465 e. The molecular weight excluding hydrogens is 348 g/mol. The number of likely N-dealkylation sites (tertiary alicyclic amines) is 1. The Morgan fingerprint density at radius 1 is 1.29 bits per heavy atom. The number of furan rings is 1. The summed E-state index contributed by atoms with van der Waals surface area (Å²) in [6, 6.07) is 6.69. The molecule has 1 N–H and O–H groups in total. The highest BCUT2D eigenvalue weighted by Crippen LogP contribution is 2.19. The fourth-order valence-electron chi connectivity index (χ4n) is 2.56. The molecule has 128 valence electrons. The molecule has 3 heterocycles. The molecule has 1 aliphatic rings. The van der Waals surface area contributed by atoms with Gasteiger partial charge in [-0.25, -0.2) is 13.1 Å². The van der Waals surface area contributed by atoms with Gasteiger partial charge in [0.05, 0.1) is 6.26 Å². The highest BCUT2D eigenvalue weighted by molar-refractivity contribution is 7.91. The van der Waals surface area contributed by atoms with Crippen LogP contribution in [0.4, 0.5) is 0 Å². The topological polar surface area (TPSA) is 79.6 Å². The lowest BCUT2D eigenvalue weighted by Crippen LogP contribution is -2.46. The van der Waals surface area contributed by atoms with Crippen molar-refractivity contribution >= 4 is 33.3 Å². The van der Waals surface area contributed by atoms with E-state index in [1.54, 1.807) is 46.9 Å². The number of hydrogen-bond acceptors (Lipinski definition) is 5. The predicted octanol–water partition coefficient (Wildman–Crippen LogP) is 2.32. The number of sulfonamides is 1. The van der Waals surface area contributed by atoms with Crippen LogP contribution in [0.2, 0.25) is 0 Å². The first-order valence-corrected chi connectivity index (χ1v) is 9.97. The first kappa shape index (κ1) is 16.9. The van der Waals surface area contributed by atoms with Gasteiger partial charge in [-0.3, -0.25) is 4.79 Å². The smallest absolute Gasteiger partial charge is 0.250 e. The first-order valence-electron chi connectivity index (χ1n) is 7.61. The standard InChI is InChI=1S/C16H18N2O4S2/c19-15(6-5-14-3-1-11-22-14)18-9-7-13(8-10-18)17-24(20,21)16-4-2-12-23-16/h1-6,11-13,17H,7-10H2/b6-5+. The molecule has 0 aromatic carbocycles. The van der Waals surface area contributed by atoms with E-state index in [-0.39, 0.29) is 11.9 Å². The van der Waals surface area contributed by atoms with Gasteiger partial charge in [-0.1, -0.05) is 6.07 Å². The molecular formula is C16H18N2O4S2. The molecule has 2 aromatic heterocycles. The van der Waals surface area contributed by atoms with E-state index in [1.807, 2.05) is 0 Å². The normalized spacial score (nSPS) is 16.8. The number of carbonyl (C=O) groups excluding carboxylic acids is 1. The van der Waals surface area contributed by atoms with E-state index in [0.29, 0.717) is 35.9 Å². The maximum absolute atomic E-state index is 12.2. The molecule has 1 saturated heterocycles. The van der Waals surface area contributed by atoms with Crippen molar-refractivity contribution < 1.29 is 17.6 Å². The Bertz CT molecular complexity index is 787. The molecule has 8 heteroatoms. The van der Waals surface area contributed by atoms with Gasteiger partial charge in [0.2, 0.25) is 15.9 Å². The predicted molar refractivity (Wildman–Crippen MR) is 92.0 cm³/mol. The van der Waals surface area contributed by atoms with Gasteiger partial charge in [-0.2, -0.15) is 0 Å². The SMILES string of the molecule is O=C(/C=C/c1ccco1)N1CCC(NS(=O)(=O)c2cccs2)CC1. The average Bonchev–Trinajstić information content (AvgIpc) is 3.26. The van der Waals surface area contributed by atoms with Crippen LogP contribution in [-0.2, 0) is 14.8 Å². The minimum absolute atomic E-state index is 0.0917. The van der Waals surface area contributed by atoms with Gasteiger partial charge in [0, 0.05) is 25.2 Å². The summed E-state index contributed by atoms with van der Waals surface area (Å²) in [5.74, 6) is 0.535. The summed E-state index contributed by atoms with van der Waals surface area (Å²) < 4.78 is 32.6. The number of nitrogens with zero attached hydrogens (tertiary/aromatic N) is 1. The molecule has 6 nitrogen and oxygen atoms in total. The lowest BCUT2D eigenvalue weighted by atomic mass is 10.1. The van der Waals surface area contributed by atoms with Crippen LogP contribution < -0.4 is 4.72 Å². The lowest BCUT2D eigenvalue weighted by Gasteiger charge is -2.31. The van der Waals surface area contributed by atoms with Crippen LogP contribution in [0.1, 0.15) is 18.6 Å². The van der Waals surface area contributed by atoms with Gasteiger partial charge in [-0.15, -0.1) is 11.3 Å². The molecule has 0 radical (unpaired) electrons. The molecule has 1 amide bonds. The Labute approximate surface area is 144 Å². The Morgan fingerprint density at radius 2 is 2.08 bits per heavy atom. The van der Waals surface area contributed by atoms with Crippen LogP contribution in [0.3, 0.4) is 0 Å². The van der Waals surface area contributed by atoms with E-state index in [9.17, 15) is 13.2 Å². The van der Waals surface area contributed by atoms with E-state index >= 15 is 0 Å². The number of rotatable bonds is 5. The van der Waals surface area contributed by atoms with Gasteiger partial charge in [-0.05, 0) is 42.5 Å². The van der Waals surface area contributed by atoms with E-state index in [2.05, 4.69) is 4.72 Å². The lowest BCUT2D eigenvalue weighted by molar-refractivity contribution is -0.126. The summed E-state index contributed by atoms with van der Waals surface area (Å²) in [7, 11) is -3.46. The van der Waals surface area contributed by atoms with Crippen molar-refractivity contribution in [3.63, 3.8) is 0 Å². The van der Waals surface area contributed by atoms with Crippen LogP contribution in [0, 0.1) is 0 Å². The van der Waals surface area contributed by atoms with Crippen molar-refractivity contribution in [2.45, 2.75) is 23.1 Å². The molecule has 0 saturated carbocycles. The zero-order valence-electron chi connectivity index (χ0n) is 12.9. The van der Waals surface area contributed by atoms with Gasteiger partial charge < -0.3 is 9.32 Å². The fraction of sp³-hybridized carbons (Fsp3) is 0.312.